The van der Waals surface area contributed by atoms with Crippen LogP contribution in [-0.4, -0.2) is 14.7 Å². The van der Waals surface area contributed by atoms with Crippen molar-refractivity contribution in [2.24, 2.45) is 0 Å². The third kappa shape index (κ3) is 2.23. The van der Waals surface area contributed by atoms with Gasteiger partial charge in [0, 0.05) is 16.8 Å². The van der Waals surface area contributed by atoms with Crippen molar-refractivity contribution in [2.75, 3.05) is 0 Å². The van der Waals surface area contributed by atoms with Gasteiger partial charge in [-0.25, -0.2) is 9.37 Å². The highest BCUT2D eigenvalue weighted by Crippen LogP contribution is 2.20. The minimum Gasteiger partial charge on any atom is -0.390 e. The Balaban J connectivity index is 2.26. The molecule has 0 saturated carbocycles. The van der Waals surface area contributed by atoms with E-state index < -0.39 is 0 Å². The average Bonchev–Trinajstić information content (AvgIpc) is 2.71. The molecule has 1 aromatic heterocycles. The Morgan fingerprint density at radius 3 is 2.88 bits per heavy atom. The van der Waals surface area contributed by atoms with Gasteiger partial charge in [0.15, 0.2) is 0 Å². The second-order valence-corrected chi connectivity index (χ2v) is 3.80. The molecule has 0 unspecified atom stereocenters. The van der Waals surface area contributed by atoms with Gasteiger partial charge in [0.25, 0.3) is 0 Å². The first-order chi connectivity index (χ1) is 7.70. The summed E-state index contributed by atoms with van der Waals surface area (Å²) >= 11 is 5.90. The van der Waals surface area contributed by atoms with E-state index in [0.29, 0.717) is 22.8 Å². The van der Waals surface area contributed by atoms with Gasteiger partial charge in [0.05, 0.1) is 25.2 Å². The predicted molar refractivity (Wildman–Crippen MR) is 58.7 cm³/mol. The fraction of sp³-hybridized carbons (Fsp3) is 0.182. The van der Waals surface area contributed by atoms with E-state index in [1.54, 1.807) is 22.9 Å². The van der Waals surface area contributed by atoms with Crippen LogP contribution in [0.4, 0.5) is 4.39 Å². The van der Waals surface area contributed by atoms with Gasteiger partial charge in [-0.3, -0.25) is 0 Å². The highest BCUT2D eigenvalue weighted by molar-refractivity contribution is 6.31. The summed E-state index contributed by atoms with van der Waals surface area (Å²) in [6.07, 6.45) is 3.19. The molecule has 5 heteroatoms. The van der Waals surface area contributed by atoms with E-state index in [1.807, 2.05) is 0 Å². The van der Waals surface area contributed by atoms with Crippen molar-refractivity contribution in [2.45, 2.75) is 13.2 Å². The molecular weight excluding hydrogens is 231 g/mol. The molecule has 0 aliphatic heterocycles. The summed E-state index contributed by atoms with van der Waals surface area (Å²) in [5, 5.41) is 9.24. The molecule has 0 fully saturated rings. The van der Waals surface area contributed by atoms with E-state index in [9.17, 15) is 4.39 Å². The summed E-state index contributed by atoms with van der Waals surface area (Å²) in [5.41, 5.74) is 0.971. The lowest BCUT2D eigenvalue weighted by atomic mass is 10.2. The number of aliphatic hydroxyl groups is 1. The second kappa shape index (κ2) is 4.63. The molecule has 0 spiro atoms. The molecule has 0 amide bonds. The van der Waals surface area contributed by atoms with Crippen LogP contribution in [0.2, 0.25) is 5.02 Å². The molecule has 1 heterocycles. The van der Waals surface area contributed by atoms with Gasteiger partial charge in [-0.2, -0.15) is 0 Å². The normalized spacial score (nSPS) is 10.7. The van der Waals surface area contributed by atoms with Crippen molar-refractivity contribution in [1.29, 1.82) is 0 Å². The zero-order valence-electron chi connectivity index (χ0n) is 8.40. The lowest BCUT2D eigenvalue weighted by Gasteiger charge is -2.06. The fourth-order valence-electron chi connectivity index (χ4n) is 1.44. The number of hydrogen-bond donors (Lipinski definition) is 1. The average molecular weight is 241 g/mol. The van der Waals surface area contributed by atoms with Crippen LogP contribution >= 0.6 is 11.6 Å². The minimum absolute atomic E-state index is 0.127. The van der Waals surface area contributed by atoms with Crippen molar-refractivity contribution in [1.82, 2.24) is 9.55 Å². The van der Waals surface area contributed by atoms with Crippen LogP contribution in [0.1, 0.15) is 11.3 Å². The number of rotatable bonds is 3. The third-order valence-electron chi connectivity index (χ3n) is 2.25. The summed E-state index contributed by atoms with van der Waals surface area (Å²) in [7, 11) is 0. The van der Waals surface area contributed by atoms with E-state index in [1.165, 1.54) is 12.4 Å². The topological polar surface area (TPSA) is 38.0 Å². The van der Waals surface area contributed by atoms with Crippen molar-refractivity contribution in [3.63, 3.8) is 0 Å². The van der Waals surface area contributed by atoms with Crippen LogP contribution in [0.25, 0.3) is 0 Å². The summed E-state index contributed by atoms with van der Waals surface area (Å²) in [6, 6.07) is 4.57. The first-order valence-electron chi connectivity index (χ1n) is 4.75. The number of hydrogen-bond acceptors (Lipinski definition) is 2. The Hall–Kier alpha value is -1.39. The largest absolute Gasteiger partial charge is 0.390 e. The van der Waals surface area contributed by atoms with E-state index in [0.717, 1.165) is 0 Å². The van der Waals surface area contributed by atoms with Crippen LogP contribution in [-0.2, 0) is 13.2 Å². The Kier molecular flexibility index (Phi) is 3.22. The maximum absolute atomic E-state index is 13.5. The highest BCUT2D eigenvalue weighted by Gasteiger charge is 2.07. The summed E-state index contributed by atoms with van der Waals surface area (Å²) in [5.74, 6) is -0.341. The lowest BCUT2D eigenvalue weighted by molar-refractivity contribution is 0.277. The Morgan fingerprint density at radius 2 is 2.25 bits per heavy atom. The van der Waals surface area contributed by atoms with Gasteiger partial charge >= 0.3 is 0 Å². The molecule has 0 aliphatic rings. The molecule has 84 valence electrons. The van der Waals surface area contributed by atoms with Gasteiger partial charge < -0.3 is 9.67 Å². The molecule has 1 aromatic carbocycles. The number of aromatic nitrogens is 2. The summed E-state index contributed by atoms with van der Waals surface area (Å²) < 4.78 is 15.1. The molecule has 3 nitrogen and oxygen atoms in total. The molecule has 0 bridgehead atoms. The maximum Gasteiger partial charge on any atom is 0.129 e. The van der Waals surface area contributed by atoms with Crippen molar-refractivity contribution < 1.29 is 9.50 Å². The fourth-order valence-corrected chi connectivity index (χ4v) is 1.66. The molecule has 0 radical (unpaired) electrons. The highest BCUT2D eigenvalue weighted by atomic mass is 35.5. The van der Waals surface area contributed by atoms with Crippen molar-refractivity contribution >= 4 is 11.6 Å². The molecule has 1 N–H and O–H groups in total. The van der Waals surface area contributed by atoms with Gasteiger partial charge in [-0.05, 0) is 12.1 Å². The molecule has 0 atom stereocenters. The standard InChI is InChI=1S/C11H10ClFN2O/c12-10-2-1-3-11(13)9(10)5-15-4-8(6-16)14-7-15/h1-4,7,16H,5-6H2. The number of aliphatic hydroxyl groups excluding tert-OH is 1. The van der Waals surface area contributed by atoms with E-state index in [-0.39, 0.29) is 12.4 Å². The van der Waals surface area contributed by atoms with Gasteiger partial charge in [0.1, 0.15) is 5.82 Å². The second-order valence-electron chi connectivity index (χ2n) is 3.40. The minimum atomic E-state index is -0.341. The van der Waals surface area contributed by atoms with Crippen molar-refractivity contribution in [3.05, 3.63) is 52.8 Å². The number of imidazole rings is 1. The van der Waals surface area contributed by atoms with Crippen molar-refractivity contribution in [3.8, 4) is 0 Å². The SMILES string of the molecule is OCc1cn(Cc2c(F)cccc2Cl)cn1. The molecule has 2 rings (SSSR count). The molecule has 0 aliphatic carbocycles. The van der Waals surface area contributed by atoms with Gasteiger partial charge in [-0.1, -0.05) is 17.7 Å². The zero-order chi connectivity index (χ0) is 11.5. The van der Waals surface area contributed by atoms with Crippen LogP contribution < -0.4 is 0 Å². The Morgan fingerprint density at radius 1 is 1.44 bits per heavy atom. The Bertz CT molecular complexity index is 478. The lowest BCUT2D eigenvalue weighted by Crippen LogP contribution is -2.00. The number of halogens is 2. The smallest absolute Gasteiger partial charge is 0.129 e. The number of benzene rings is 1. The van der Waals surface area contributed by atoms with E-state index in [2.05, 4.69) is 4.98 Å². The van der Waals surface area contributed by atoms with E-state index in [4.69, 9.17) is 16.7 Å². The maximum atomic E-state index is 13.5. The summed E-state index contributed by atoms with van der Waals surface area (Å²) in [6.45, 7) is 0.177. The molecule has 16 heavy (non-hydrogen) atoms. The van der Waals surface area contributed by atoms with Gasteiger partial charge in [0.2, 0.25) is 0 Å². The molecule has 0 saturated heterocycles. The van der Waals surface area contributed by atoms with Crippen LogP contribution in [0.3, 0.4) is 0 Å². The predicted octanol–water partition coefficient (Wildman–Crippen LogP) is 2.22. The monoisotopic (exact) mass is 240 g/mol. The quantitative estimate of drug-likeness (QED) is 0.893. The zero-order valence-corrected chi connectivity index (χ0v) is 9.15. The van der Waals surface area contributed by atoms with Crippen LogP contribution in [0.15, 0.2) is 30.7 Å². The number of nitrogens with zero attached hydrogens (tertiary/aromatic N) is 2. The Labute approximate surface area is 97.1 Å². The molecular formula is C11H10ClFN2O. The van der Waals surface area contributed by atoms with Crippen LogP contribution in [0, 0.1) is 5.82 Å². The first-order valence-corrected chi connectivity index (χ1v) is 5.13. The third-order valence-corrected chi connectivity index (χ3v) is 2.61. The molecule has 2 aromatic rings. The first kappa shape index (κ1) is 11.1. The van der Waals surface area contributed by atoms with E-state index >= 15 is 0 Å². The van der Waals surface area contributed by atoms with Crippen LogP contribution in [0.5, 0.6) is 0 Å². The van der Waals surface area contributed by atoms with Gasteiger partial charge in [-0.15, -0.1) is 0 Å². The summed E-state index contributed by atoms with van der Waals surface area (Å²) in [4.78, 5) is 3.94.